The summed E-state index contributed by atoms with van der Waals surface area (Å²) in [5, 5.41) is 57.3. The number of ether oxygens (including phenoxy) is 4. The van der Waals surface area contributed by atoms with E-state index in [1.54, 1.807) is 19.2 Å². The van der Waals surface area contributed by atoms with Crippen LogP contribution in [-0.2, 0) is 33.7 Å². The van der Waals surface area contributed by atoms with Crippen molar-refractivity contribution < 1.29 is 54.1 Å². The third-order valence-electron chi connectivity index (χ3n) is 18.7. The molecule has 328 valence electrons. The van der Waals surface area contributed by atoms with Crippen molar-refractivity contribution in [2.45, 2.75) is 168 Å². The van der Waals surface area contributed by atoms with Crippen LogP contribution in [0.5, 0.6) is 23.0 Å². The van der Waals surface area contributed by atoms with Gasteiger partial charge in [0.25, 0.3) is 0 Å². The van der Waals surface area contributed by atoms with Crippen LogP contribution in [-0.4, -0.2) is 73.9 Å². The molecule has 0 amide bonds. The van der Waals surface area contributed by atoms with Crippen molar-refractivity contribution >= 4 is 11.8 Å². The lowest BCUT2D eigenvalue weighted by molar-refractivity contribution is -0.240. The topological polar surface area (TPSA) is 172 Å². The maximum Gasteiger partial charge on any atom is 0.302 e. The predicted molar refractivity (Wildman–Crippen MR) is 222 cm³/mol. The largest absolute Gasteiger partial charge is 0.508 e. The minimum absolute atomic E-state index is 0.000523. The molecular weight excluding hydrogens is 765 g/mol. The van der Waals surface area contributed by atoms with Crippen LogP contribution in [0, 0.1) is 45.3 Å². The second-order valence-corrected chi connectivity index (χ2v) is 21.8. The Labute approximate surface area is 354 Å². The summed E-state index contributed by atoms with van der Waals surface area (Å²) in [6.45, 7) is 18.2. The number of rotatable bonds is 4. The average molecular weight is 831 g/mol. The molecule has 7 aliphatic rings. The SMILES string of the molecule is COC1c2c(cc(O)c3c2OC2(C3)C(C)CCC3C(C)(C)C(OC(C)=O)CCC32C)C(=O)C1c1c(CO)cc(O)c2c1OC1(C2)C(C)CCC2C(C)(C)C(O)C(O)CC21C. The van der Waals surface area contributed by atoms with E-state index in [0.717, 1.165) is 32.1 Å². The molecule has 2 spiro atoms. The van der Waals surface area contributed by atoms with E-state index >= 15 is 4.79 Å². The summed E-state index contributed by atoms with van der Waals surface area (Å²) in [7, 11) is 1.57. The second kappa shape index (κ2) is 13.3. The van der Waals surface area contributed by atoms with E-state index in [2.05, 4.69) is 41.5 Å². The van der Waals surface area contributed by atoms with Gasteiger partial charge in [-0.2, -0.15) is 0 Å². The van der Waals surface area contributed by atoms with Gasteiger partial charge in [-0.3, -0.25) is 9.59 Å². The van der Waals surface area contributed by atoms with Gasteiger partial charge in [-0.1, -0.05) is 55.4 Å². The zero-order valence-corrected chi connectivity index (χ0v) is 37.1. The lowest BCUT2D eigenvalue weighted by Gasteiger charge is -2.64. The predicted octanol–water partition coefficient (Wildman–Crippen LogP) is 7.61. The molecule has 2 aromatic carbocycles. The highest BCUT2D eigenvalue weighted by Crippen LogP contribution is 2.71. The van der Waals surface area contributed by atoms with Crippen molar-refractivity contribution in [3.8, 4) is 23.0 Å². The Morgan fingerprint density at radius 2 is 1.35 bits per heavy atom. The molecular formula is C49H66O11. The van der Waals surface area contributed by atoms with E-state index in [4.69, 9.17) is 18.9 Å². The number of carbonyl (C=O) groups is 2. The Bertz CT molecular complexity index is 2160. The van der Waals surface area contributed by atoms with Gasteiger partial charge in [0.1, 0.15) is 46.4 Å². The smallest absolute Gasteiger partial charge is 0.302 e. The van der Waals surface area contributed by atoms with Crippen LogP contribution in [0.4, 0.5) is 0 Å². The first-order valence-electron chi connectivity index (χ1n) is 22.4. The fraction of sp³-hybridized carbons (Fsp3) is 0.714. The number of aromatic hydroxyl groups is 2. The molecule has 0 bridgehead atoms. The number of Topliss-reactive ketones (excluding diaryl/α,β-unsaturated/α-hetero) is 1. The third kappa shape index (κ3) is 5.09. The quantitative estimate of drug-likeness (QED) is 0.192. The summed E-state index contributed by atoms with van der Waals surface area (Å²) in [6.07, 6.45) is 3.05. The van der Waals surface area contributed by atoms with Crippen molar-refractivity contribution in [3.05, 3.63) is 45.5 Å². The van der Waals surface area contributed by atoms with Crippen molar-refractivity contribution in [3.63, 3.8) is 0 Å². The van der Waals surface area contributed by atoms with Gasteiger partial charge in [0.15, 0.2) is 5.78 Å². The molecule has 60 heavy (non-hydrogen) atoms. The van der Waals surface area contributed by atoms with Gasteiger partial charge in [-0.15, -0.1) is 0 Å². The summed E-state index contributed by atoms with van der Waals surface area (Å²) < 4.78 is 27.1. The first-order valence-corrected chi connectivity index (χ1v) is 22.4. The van der Waals surface area contributed by atoms with Crippen LogP contribution < -0.4 is 9.47 Å². The monoisotopic (exact) mass is 830 g/mol. The first kappa shape index (κ1) is 41.9. The van der Waals surface area contributed by atoms with Gasteiger partial charge in [-0.05, 0) is 91.7 Å². The number of hydrogen-bond donors (Lipinski definition) is 5. The van der Waals surface area contributed by atoms with E-state index in [0.29, 0.717) is 70.6 Å². The summed E-state index contributed by atoms with van der Waals surface area (Å²) in [6, 6.07) is 3.11. The van der Waals surface area contributed by atoms with E-state index in [1.165, 1.54) is 6.92 Å². The first-order chi connectivity index (χ1) is 28.1. The van der Waals surface area contributed by atoms with Gasteiger partial charge >= 0.3 is 5.97 Å². The lowest BCUT2D eigenvalue weighted by Crippen LogP contribution is -2.69. The Balaban J connectivity index is 1.15. The highest BCUT2D eigenvalue weighted by Gasteiger charge is 2.71. The number of fused-ring (bicyclic) bond motifs is 8. The maximum absolute atomic E-state index is 15.1. The molecule has 13 atom stereocenters. The number of phenols is 2. The summed E-state index contributed by atoms with van der Waals surface area (Å²) in [5.74, 6) is -0.522. The third-order valence-corrected chi connectivity index (χ3v) is 18.7. The van der Waals surface area contributed by atoms with Crippen LogP contribution >= 0.6 is 0 Å². The zero-order chi connectivity index (χ0) is 43.4. The number of aliphatic hydroxyl groups excluding tert-OH is 3. The minimum atomic E-state index is -0.995. The minimum Gasteiger partial charge on any atom is -0.508 e. The molecule has 4 fully saturated rings. The standard InChI is InChI=1S/C49H66O11/c1-23-11-13-33-44(4,5)35(58-25(3)51)15-16-46(33,8)48(23)19-29-31(53)18-27-37(41(29)60-48)42(57-10)38(39(27)55)36-26(22-50)17-30(52)28-20-49(59-40(28)36)24(2)12-14-34-45(6,7)43(56)32(54)21-47(34,49)9/h17-18,23-24,32-35,38,42-43,50,52-54,56H,11-16,19-22H2,1-10H3. The summed E-state index contributed by atoms with van der Waals surface area (Å²) in [5.41, 5.74) is -0.665. The Hall–Kier alpha value is -3.38. The van der Waals surface area contributed by atoms with Crippen LogP contribution in [0.2, 0.25) is 0 Å². The van der Waals surface area contributed by atoms with Crippen LogP contribution in [0.15, 0.2) is 12.1 Å². The summed E-state index contributed by atoms with van der Waals surface area (Å²) >= 11 is 0. The Morgan fingerprint density at radius 3 is 1.92 bits per heavy atom. The van der Waals surface area contributed by atoms with Gasteiger partial charge in [0.2, 0.25) is 0 Å². The lowest BCUT2D eigenvalue weighted by atomic mass is 9.43. The molecule has 2 aliphatic heterocycles. The van der Waals surface area contributed by atoms with Crippen LogP contribution in [0.1, 0.15) is 157 Å². The molecule has 11 heteroatoms. The highest BCUT2D eigenvalue weighted by molar-refractivity contribution is 6.08. The highest BCUT2D eigenvalue weighted by atomic mass is 16.5. The number of hydrogen-bond acceptors (Lipinski definition) is 11. The molecule has 5 N–H and O–H groups in total. The molecule has 9 rings (SSSR count). The molecule has 0 saturated heterocycles. The van der Waals surface area contributed by atoms with Gasteiger partial charge < -0.3 is 44.5 Å². The number of phenolic OH excluding ortho intramolecular Hbond substituents is 2. The fourth-order valence-corrected chi connectivity index (χ4v) is 15.6. The maximum atomic E-state index is 15.1. The van der Waals surface area contributed by atoms with Crippen LogP contribution in [0.3, 0.4) is 0 Å². The fourth-order valence-electron chi connectivity index (χ4n) is 15.6. The van der Waals surface area contributed by atoms with Crippen LogP contribution in [0.25, 0.3) is 0 Å². The molecule has 4 saturated carbocycles. The zero-order valence-electron chi connectivity index (χ0n) is 37.1. The Kier molecular flexibility index (Phi) is 9.31. The Morgan fingerprint density at radius 1 is 0.800 bits per heavy atom. The van der Waals surface area contributed by atoms with Crippen molar-refractivity contribution in [1.29, 1.82) is 0 Å². The number of methoxy groups -OCH3 is 1. The molecule has 5 aliphatic carbocycles. The molecule has 11 nitrogen and oxygen atoms in total. The molecule has 2 heterocycles. The van der Waals surface area contributed by atoms with Crippen molar-refractivity contribution in [2.24, 2.45) is 45.3 Å². The van der Waals surface area contributed by atoms with Gasteiger partial charge in [0, 0.05) is 70.9 Å². The summed E-state index contributed by atoms with van der Waals surface area (Å²) in [4.78, 5) is 27.4. The molecule has 0 radical (unpaired) electrons. The van der Waals surface area contributed by atoms with Gasteiger partial charge in [-0.25, -0.2) is 0 Å². The van der Waals surface area contributed by atoms with E-state index in [-0.39, 0.29) is 63.9 Å². The van der Waals surface area contributed by atoms with Gasteiger partial charge in [0.05, 0.1) is 24.7 Å². The normalized spacial score (nSPS) is 41.8. The number of ketones is 1. The average Bonchev–Trinajstić information content (AvgIpc) is 3.86. The second-order valence-electron chi connectivity index (χ2n) is 21.8. The van der Waals surface area contributed by atoms with E-state index in [1.807, 2.05) is 13.8 Å². The molecule has 0 aromatic heterocycles. The van der Waals surface area contributed by atoms with Crippen molar-refractivity contribution in [1.82, 2.24) is 0 Å². The number of esters is 1. The number of aliphatic hydroxyl groups is 3. The van der Waals surface area contributed by atoms with E-state index < -0.39 is 52.9 Å². The van der Waals surface area contributed by atoms with Crippen molar-refractivity contribution in [2.75, 3.05) is 7.11 Å². The molecule has 13 unspecified atom stereocenters. The number of carbonyl (C=O) groups excluding carboxylic acids is 2. The number of benzene rings is 2. The van der Waals surface area contributed by atoms with E-state index in [9.17, 15) is 30.3 Å². The molecule has 2 aromatic rings.